The number of fused-ring (bicyclic) bond motifs is 3. The fourth-order valence-corrected chi connectivity index (χ4v) is 5.57. The van der Waals surface area contributed by atoms with Crippen LogP contribution >= 0.6 is 11.8 Å². The lowest BCUT2D eigenvalue weighted by atomic mass is 10.0. The van der Waals surface area contributed by atoms with Gasteiger partial charge < -0.3 is 25.6 Å². The number of nitrogens with one attached hydrogen (secondary N) is 1. The smallest absolute Gasteiger partial charge is 0.342 e. The average molecular weight is 452 g/mol. The Labute approximate surface area is 180 Å². The third-order valence-corrected chi connectivity index (χ3v) is 7.25. The standard InChI is InChI=1S/C20H22F2N4O4S/c1-8-7-31-19-12(20(29)30)18(28)11-15(23)13(21)16(14(22)17(11)26(8)19)24-10-3-5-25(6-4-10)9(2)27/h8,10,24H,3-7,23H2,1-2H3,(H,29,30)/t8-/m1/s1. The van der Waals surface area contributed by atoms with Crippen molar-refractivity contribution in [1.29, 1.82) is 0 Å². The molecule has 3 heterocycles. The molecule has 4 N–H and O–H groups in total. The molecule has 1 aromatic heterocycles. The fraction of sp³-hybridized carbons (Fsp3) is 0.450. The van der Waals surface area contributed by atoms with E-state index in [1.165, 1.54) is 11.5 Å². The van der Waals surface area contributed by atoms with Crippen LogP contribution in [0, 0.1) is 11.6 Å². The van der Waals surface area contributed by atoms with Gasteiger partial charge >= 0.3 is 5.97 Å². The zero-order valence-corrected chi connectivity index (χ0v) is 17.8. The number of carboxylic acids is 1. The van der Waals surface area contributed by atoms with E-state index in [0.717, 1.165) is 11.8 Å². The minimum absolute atomic E-state index is 0.0542. The molecular formula is C20H22F2N4O4S. The van der Waals surface area contributed by atoms with Crippen molar-refractivity contribution in [2.24, 2.45) is 0 Å². The lowest BCUT2D eigenvalue weighted by molar-refractivity contribution is -0.129. The Morgan fingerprint density at radius 1 is 1.23 bits per heavy atom. The zero-order valence-electron chi connectivity index (χ0n) is 17.0. The first kappa shape index (κ1) is 21.4. The van der Waals surface area contributed by atoms with Crippen LogP contribution in [0.15, 0.2) is 9.82 Å². The Kier molecular flexibility index (Phi) is 5.32. The lowest BCUT2D eigenvalue weighted by Gasteiger charge is -2.32. The molecule has 2 aliphatic rings. The first-order valence-electron chi connectivity index (χ1n) is 9.90. The van der Waals surface area contributed by atoms with Crippen LogP contribution in [0.25, 0.3) is 10.9 Å². The summed E-state index contributed by atoms with van der Waals surface area (Å²) in [6.45, 7) is 4.16. The summed E-state index contributed by atoms with van der Waals surface area (Å²) in [5.74, 6) is -3.16. The summed E-state index contributed by atoms with van der Waals surface area (Å²) in [6.07, 6.45) is 0.997. The number of thioether (sulfide) groups is 1. The number of carbonyl (C=O) groups is 2. The highest BCUT2D eigenvalue weighted by Crippen LogP contribution is 2.42. The van der Waals surface area contributed by atoms with Gasteiger partial charge in [-0.15, -0.1) is 11.8 Å². The number of hydrogen-bond acceptors (Lipinski definition) is 6. The van der Waals surface area contributed by atoms with Crippen LogP contribution in [0.3, 0.4) is 0 Å². The summed E-state index contributed by atoms with van der Waals surface area (Å²) in [7, 11) is 0. The van der Waals surface area contributed by atoms with Gasteiger partial charge in [0.15, 0.2) is 11.6 Å². The van der Waals surface area contributed by atoms with Crippen LogP contribution in [0.2, 0.25) is 0 Å². The molecule has 0 spiro atoms. The second kappa shape index (κ2) is 7.70. The van der Waals surface area contributed by atoms with Gasteiger partial charge in [0.25, 0.3) is 0 Å². The van der Waals surface area contributed by atoms with Gasteiger partial charge in [0.2, 0.25) is 11.3 Å². The van der Waals surface area contributed by atoms with E-state index >= 15 is 8.78 Å². The van der Waals surface area contributed by atoms with E-state index in [9.17, 15) is 19.5 Å². The molecule has 2 aliphatic heterocycles. The number of aromatic carboxylic acids is 1. The number of amides is 1. The molecule has 4 rings (SSSR count). The molecule has 1 amide bonds. The minimum atomic E-state index is -1.46. The molecule has 0 aliphatic carbocycles. The topological polar surface area (TPSA) is 118 Å². The molecule has 2 aromatic rings. The van der Waals surface area contributed by atoms with Crippen molar-refractivity contribution in [1.82, 2.24) is 9.47 Å². The second-order valence-corrected chi connectivity index (χ2v) is 8.92. The molecule has 1 fully saturated rings. The van der Waals surface area contributed by atoms with Crippen molar-refractivity contribution in [2.75, 3.05) is 29.9 Å². The number of carboxylic acid groups (broad SMARTS) is 1. The molecule has 11 heteroatoms. The number of carbonyl (C=O) groups excluding carboxylic acids is 1. The van der Waals surface area contributed by atoms with Crippen molar-refractivity contribution in [3.05, 3.63) is 27.4 Å². The summed E-state index contributed by atoms with van der Waals surface area (Å²) < 4.78 is 32.2. The molecule has 1 aromatic carbocycles. The first-order valence-corrected chi connectivity index (χ1v) is 10.9. The number of halogens is 2. The number of pyridine rings is 1. The number of benzene rings is 1. The maximum Gasteiger partial charge on any atom is 0.342 e. The molecule has 31 heavy (non-hydrogen) atoms. The Bertz CT molecular complexity index is 1170. The van der Waals surface area contributed by atoms with Crippen LogP contribution in [-0.2, 0) is 4.79 Å². The van der Waals surface area contributed by atoms with E-state index in [1.807, 2.05) is 0 Å². The number of nitrogen functional groups attached to an aromatic ring is 1. The lowest BCUT2D eigenvalue weighted by Crippen LogP contribution is -2.41. The van der Waals surface area contributed by atoms with Crippen LogP contribution < -0.4 is 16.5 Å². The number of nitrogens with two attached hydrogens (primary N) is 1. The number of hydrogen-bond donors (Lipinski definition) is 3. The normalized spacial score (nSPS) is 19.0. The largest absolute Gasteiger partial charge is 0.477 e. The van der Waals surface area contributed by atoms with Crippen molar-refractivity contribution in [3.8, 4) is 0 Å². The van der Waals surface area contributed by atoms with E-state index in [1.54, 1.807) is 11.8 Å². The summed E-state index contributed by atoms with van der Waals surface area (Å²) >= 11 is 1.15. The maximum atomic E-state index is 15.7. The molecule has 166 valence electrons. The third kappa shape index (κ3) is 3.31. The SMILES string of the molecule is CC(=O)N1CCC(Nc2c(F)c(N)c3c(=O)c(C(=O)O)c4n(c3c2F)[C@H](C)CS4)CC1. The van der Waals surface area contributed by atoms with E-state index in [-0.39, 0.29) is 28.5 Å². The number of anilines is 2. The number of piperidine rings is 1. The molecule has 0 saturated carbocycles. The predicted molar refractivity (Wildman–Crippen MR) is 114 cm³/mol. The average Bonchev–Trinajstić information content (AvgIpc) is 3.09. The van der Waals surface area contributed by atoms with Gasteiger partial charge in [-0.25, -0.2) is 13.6 Å². The van der Waals surface area contributed by atoms with Crippen molar-refractivity contribution < 1.29 is 23.5 Å². The molecule has 8 nitrogen and oxygen atoms in total. The van der Waals surface area contributed by atoms with Gasteiger partial charge in [-0.2, -0.15) is 0 Å². The molecular weight excluding hydrogens is 430 g/mol. The number of aromatic nitrogens is 1. The van der Waals surface area contributed by atoms with Gasteiger partial charge in [0.1, 0.15) is 11.3 Å². The number of likely N-dealkylation sites (tertiary alicyclic amines) is 1. The van der Waals surface area contributed by atoms with Gasteiger partial charge in [-0.1, -0.05) is 0 Å². The molecule has 0 radical (unpaired) electrons. The van der Waals surface area contributed by atoms with Gasteiger partial charge in [-0.05, 0) is 19.8 Å². The molecule has 0 bridgehead atoms. The fourth-order valence-electron chi connectivity index (χ4n) is 4.29. The van der Waals surface area contributed by atoms with Crippen LogP contribution in [0.4, 0.5) is 20.2 Å². The minimum Gasteiger partial charge on any atom is -0.477 e. The van der Waals surface area contributed by atoms with Crippen LogP contribution in [0.5, 0.6) is 0 Å². The van der Waals surface area contributed by atoms with Crippen molar-refractivity contribution in [3.63, 3.8) is 0 Å². The summed E-state index contributed by atoms with van der Waals surface area (Å²) in [5, 5.41) is 12.1. The molecule has 1 atom stereocenters. The maximum absolute atomic E-state index is 15.7. The van der Waals surface area contributed by atoms with Crippen molar-refractivity contribution >= 4 is 45.9 Å². The highest BCUT2D eigenvalue weighted by molar-refractivity contribution is 7.99. The quantitative estimate of drug-likeness (QED) is 0.613. The van der Waals surface area contributed by atoms with Crippen molar-refractivity contribution in [2.45, 2.75) is 43.8 Å². The summed E-state index contributed by atoms with van der Waals surface area (Å²) in [5.41, 5.74) is 3.20. The summed E-state index contributed by atoms with van der Waals surface area (Å²) in [4.78, 5) is 37.8. The van der Waals surface area contributed by atoms with Gasteiger partial charge in [0.05, 0.1) is 21.6 Å². The Morgan fingerprint density at radius 2 is 1.87 bits per heavy atom. The van der Waals surface area contributed by atoms with Gasteiger partial charge in [0, 0.05) is 37.8 Å². The molecule has 1 saturated heterocycles. The van der Waals surface area contributed by atoms with Crippen LogP contribution in [-0.4, -0.2) is 51.3 Å². The van der Waals surface area contributed by atoms with E-state index < -0.39 is 45.4 Å². The highest BCUT2D eigenvalue weighted by Gasteiger charge is 2.34. The number of nitrogens with zero attached hydrogens (tertiary/aromatic N) is 2. The molecule has 0 unspecified atom stereocenters. The Hall–Kier alpha value is -2.82. The predicted octanol–water partition coefficient (Wildman–Crippen LogP) is 2.65. The highest BCUT2D eigenvalue weighted by atomic mass is 32.2. The van der Waals surface area contributed by atoms with E-state index in [0.29, 0.717) is 31.7 Å². The number of rotatable bonds is 3. The Morgan fingerprint density at radius 3 is 2.45 bits per heavy atom. The van der Waals surface area contributed by atoms with Crippen LogP contribution in [0.1, 0.15) is 43.1 Å². The van der Waals surface area contributed by atoms with Gasteiger partial charge in [-0.3, -0.25) is 9.59 Å². The van der Waals surface area contributed by atoms with E-state index in [2.05, 4.69) is 5.32 Å². The first-order chi connectivity index (χ1) is 14.6. The third-order valence-electron chi connectivity index (χ3n) is 5.92. The zero-order chi connectivity index (χ0) is 22.6. The monoisotopic (exact) mass is 452 g/mol. The Balaban J connectivity index is 1.88. The van der Waals surface area contributed by atoms with E-state index in [4.69, 9.17) is 5.73 Å². The second-order valence-electron chi connectivity index (χ2n) is 7.91. The summed E-state index contributed by atoms with van der Waals surface area (Å²) in [6, 6.07) is -0.599.